The molecule has 0 radical (unpaired) electrons. The number of hydrogen-bond acceptors (Lipinski definition) is 5. The summed E-state index contributed by atoms with van der Waals surface area (Å²) in [7, 11) is 0. The van der Waals surface area contributed by atoms with E-state index in [-0.39, 0.29) is 18.5 Å². The van der Waals surface area contributed by atoms with Gasteiger partial charge in [-0.1, -0.05) is 5.16 Å². The third kappa shape index (κ3) is 2.43. The molecule has 1 aliphatic heterocycles. The minimum Gasteiger partial charge on any atom is -0.368 e. The molecule has 1 fully saturated rings. The second kappa shape index (κ2) is 5.29. The number of ether oxygens (including phenoxy) is 1. The highest BCUT2D eigenvalue weighted by Crippen LogP contribution is 2.26. The monoisotopic (exact) mass is 219 g/mol. The van der Waals surface area contributed by atoms with E-state index in [2.05, 4.69) is 10.1 Å². The Kier molecular flexibility index (Phi) is 4.31. The molecule has 0 saturated carbocycles. The van der Waals surface area contributed by atoms with Crippen LogP contribution >= 0.6 is 12.4 Å². The summed E-state index contributed by atoms with van der Waals surface area (Å²) in [5.41, 5.74) is 5.37. The molecule has 0 aromatic carbocycles. The maximum absolute atomic E-state index is 5.40. The third-order valence-electron chi connectivity index (χ3n) is 2.06. The lowest BCUT2D eigenvalue weighted by molar-refractivity contribution is 0.0835. The van der Waals surface area contributed by atoms with Crippen molar-refractivity contribution >= 4 is 12.4 Å². The molecule has 14 heavy (non-hydrogen) atoms. The van der Waals surface area contributed by atoms with Crippen molar-refractivity contribution in [2.75, 3.05) is 13.2 Å². The van der Waals surface area contributed by atoms with E-state index in [1.807, 2.05) is 0 Å². The van der Waals surface area contributed by atoms with Crippen molar-refractivity contribution in [3.8, 4) is 0 Å². The van der Waals surface area contributed by atoms with Gasteiger partial charge >= 0.3 is 0 Å². The van der Waals surface area contributed by atoms with E-state index in [0.717, 1.165) is 19.4 Å². The largest absolute Gasteiger partial charge is 0.368 e. The molecule has 1 saturated heterocycles. The zero-order chi connectivity index (χ0) is 9.10. The van der Waals surface area contributed by atoms with Crippen molar-refractivity contribution in [3.63, 3.8) is 0 Å². The maximum atomic E-state index is 5.40. The first-order chi connectivity index (χ1) is 6.40. The fourth-order valence-electron chi connectivity index (χ4n) is 1.40. The predicted molar refractivity (Wildman–Crippen MR) is 52.2 cm³/mol. The lowest BCUT2D eigenvalue weighted by Crippen LogP contribution is -2.04. The van der Waals surface area contributed by atoms with Gasteiger partial charge in [0.15, 0.2) is 5.82 Å². The summed E-state index contributed by atoms with van der Waals surface area (Å²) in [6, 6.07) is 0. The minimum absolute atomic E-state index is 0. The van der Waals surface area contributed by atoms with Crippen LogP contribution in [0.2, 0.25) is 0 Å². The second-order valence-corrected chi connectivity index (χ2v) is 3.09. The molecule has 0 bridgehead atoms. The Morgan fingerprint density at radius 1 is 1.50 bits per heavy atom. The zero-order valence-corrected chi connectivity index (χ0v) is 8.63. The molecule has 1 aliphatic rings. The molecule has 0 aliphatic carbocycles. The first-order valence-corrected chi connectivity index (χ1v) is 4.54. The Morgan fingerprint density at radius 3 is 3.00 bits per heavy atom. The van der Waals surface area contributed by atoms with E-state index in [1.165, 1.54) is 0 Å². The topological polar surface area (TPSA) is 74.2 Å². The van der Waals surface area contributed by atoms with Crippen LogP contribution in [0.3, 0.4) is 0 Å². The Hall–Kier alpha value is -0.650. The zero-order valence-electron chi connectivity index (χ0n) is 7.81. The van der Waals surface area contributed by atoms with Crippen LogP contribution in [0.5, 0.6) is 0 Å². The summed E-state index contributed by atoms with van der Waals surface area (Å²) < 4.78 is 10.5. The van der Waals surface area contributed by atoms with E-state index in [0.29, 0.717) is 24.7 Å². The highest BCUT2D eigenvalue weighted by molar-refractivity contribution is 5.85. The fraction of sp³-hybridized carbons (Fsp3) is 0.750. The van der Waals surface area contributed by atoms with Gasteiger partial charge in [-0.25, -0.2) is 0 Å². The van der Waals surface area contributed by atoms with Crippen LogP contribution in [0.15, 0.2) is 4.52 Å². The van der Waals surface area contributed by atoms with Gasteiger partial charge in [-0.2, -0.15) is 4.98 Å². The van der Waals surface area contributed by atoms with Crippen LogP contribution in [0, 0.1) is 0 Å². The first-order valence-electron chi connectivity index (χ1n) is 4.54. The molecular formula is C8H14ClN3O2. The van der Waals surface area contributed by atoms with Crippen LogP contribution in [0.25, 0.3) is 0 Å². The lowest BCUT2D eigenvalue weighted by Gasteiger charge is -2.00. The molecule has 5 nitrogen and oxygen atoms in total. The molecule has 2 rings (SSSR count). The normalized spacial score (nSPS) is 20.8. The van der Waals surface area contributed by atoms with Crippen LogP contribution in [-0.2, 0) is 11.2 Å². The number of nitrogens with two attached hydrogens (primary N) is 1. The molecule has 6 heteroatoms. The lowest BCUT2D eigenvalue weighted by atomic mass is 10.2. The standard InChI is InChI=1S/C8H13N3O2.ClH/c9-4-3-7-10-8(13-11-7)6-2-1-5-12-6;/h6H,1-5,9H2;1H. The van der Waals surface area contributed by atoms with Gasteiger partial charge in [0.25, 0.3) is 5.89 Å². The fourth-order valence-corrected chi connectivity index (χ4v) is 1.40. The molecule has 1 unspecified atom stereocenters. The number of aromatic nitrogens is 2. The second-order valence-electron chi connectivity index (χ2n) is 3.09. The van der Waals surface area contributed by atoms with Crippen molar-refractivity contribution in [1.29, 1.82) is 0 Å². The summed E-state index contributed by atoms with van der Waals surface area (Å²) in [4.78, 5) is 4.20. The van der Waals surface area contributed by atoms with Crippen molar-refractivity contribution in [2.45, 2.75) is 25.4 Å². The van der Waals surface area contributed by atoms with E-state index < -0.39 is 0 Å². The summed E-state index contributed by atoms with van der Waals surface area (Å²) in [5, 5.41) is 3.80. The number of nitrogens with zero attached hydrogens (tertiary/aromatic N) is 2. The van der Waals surface area contributed by atoms with E-state index in [4.69, 9.17) is 15.0 Å². The first kappa shape index (κ1) is 11.4. The van der Waals surface area contributed by atoms with Gasteiger partial charge in [-0.05, 0) is 19.4 Å². The molecule has 80 valence electrons. The highest BCUT2D eigenvalue weighted by Gasteiger charge is 2.23. The number of hydrogen-bond donors (Lipinski definition) is 1. The van der Waals surface area contributed by atoms with Gasteiger partial charge < -0.3 is 15.0 Å². The van der Waals surface area contributed by atoms with E-state index in [9.17, 15) is 0 Å². The Labute approximate surface area is 88.4 Å². The summed E-state index contributed by atoms with van der Waals surface area (Å²) in [5.74, 6) is 1.27. The molecule has 1 aromatic heterocycles. The number of rotatable bonds is 3. The number of halogens is 1. The molecular weight excluding hydrogens is 206 g/mol. The van der Waals surface area contributed by atoms with Gasteiger partial charge in [0, 0.05) is 13.0 Å². The van der Waals surface area contributed by atoms with Gasteiger partial charge in [-0.3, -0.25) is 0 Å². The van der Waals surface area contributed by atoms with Crippen LogP contribution < -0.4 is 5.73 Å². The molecule has 2 heterocycles. The Bertz CT molecular complexity index is 273. The van der Waals surface area contributed by atoms with Gasteiger partial charge in [-0.15, -0.1) is 12.4 Å². The molecule has 2 N–H and O–H groups in total. The van der Waals surface area contributed by atoms with Gasteiger partial charge in [0.1, 0.15) is 6.10 Å². The minimum atomic E-state index is 0. The van der Waals surface area contributed by atoms with Crippen molar-refractivity contribution in [1.82, 2.24) is 10.1 Å². The van der Waals surface area contributed by atoms with Crippen LogP contribution in [0.4, 0.5) is 0 Å². The molecule has 0 spiro atoms. The smallest absolute Gasteiger partial charge is 0.255 e. The average molecular weight is 220 g/mol. The summed E-state index contributed by atoms with van der Waals surface area (Å²) in [6.45, 7) is 1.34. The SMILES string of the molecule is Cl.NCCc1noc(C2CCCO2)n1. The molecule has 1 atom stereocenters. The van der Waals surface area contributed by atoms with Crippen molar-refractivity contribution < 1.29 is 9.26 Å². The summed E-state index contributed by atoms with van der Waals surface area (Å²) in [6.07, 6.45) is 2.72. The van der Waals surface area contributed by atoms with E-state index >= 15 is 0 Å². The van der Waals surface area contributed by atoms with Gasteiger partial charge in [0.2, 0.25) is 0 Å². The van der Waals surface area contributed by atoms with Crippen LogP contribution in [0.1, 0.15) is 30.7 Å². The molecule has 0 amide bonds. The van der Waals surface area contributed by atoms with E-state index in [1.54, 1.807) is 0 Å². The van der Waals surface area contributed by atoms with Crippen LogP contribution in [-0.4, -0.2) is 23.3 Å². The Balaban J connectivity index is 0.000000980. The quantitative estimate of drug-likeness (QED) is 0.816. The highest BCUT2D eigenvalue weighted by atomic mass is 35.5. The van der Waals surface area contributed by atoms with Crippen molar-refractivity contribution in [3.05, 3.63) is 11.7 Å². The Morgan fingerprint density at radius 2 is 2.36 bits per heavy atom. The third-order valence-corrected chi connectivity index (χ3v) is 2.06. The average Bonchev–Trinajstić information content (AvgIpc) is 2.70. The summed E-state index contributed by atoms with van der Waals surface area (Å²) >= 11 is 0. The maximum Gasteiger partial charge on any atom is 0.255 e. The predicted octanol–water partition coefficient (Wildman–Crippen LogP) is 0.844. The van der Waals surface area contributed by atoms with Crippen molar-refractivity contribution in [2.24, 2.45) is 5.73 Å². The van der Waals surface area contributed by atoms with Gasteiger partial charge in [0.05, 0.1) is 0 Å². The molecule has 1 aromatic rings.